The lowest BCUT2D eigenvalue weighted by molar-refractivity contribution is -0.118. The molecule has 0 saturated carbocycles. The Morgan fingerprint density at radius 3 is 2.50 bits per heavy atom. The molecule has 168 valence electrons. The highest BCUT2D eigenvalue weighted by Crippen LogP contribution is 2.32. The summed E-state index contributed by atoms with van der Waals surface area (Å²) in [5, 5.41) is 0. The van der Waals surface area contributed by atoms with Crippen LogP contribution in [0.1, 0.15) is 31.4 Å². The number of primary amides is 1. The van der Waals surface area contributed by atoms with Crippen molar-refractivity contribution in [3.63, 3.8) is 0 Å². The number of fused-ring (bicyclic) bond motifs is 1. The normalized spacial score (nSPS) is 18.7. The lowest BCUT2D eigenvalue weighted by atomic mass is 9.92. The number of anilines is 1. The molecular formula is C25H29N3O4. The average Bonchev–Trinajstić information content (AvgIpc) is 2.95. The van der Waals surface area contributed by atoms with Gasteiger partial charge in [-0.05, 0) is 35.8 Å². The third kappa shape index (κ3) is 5.42. The topological polar surface area (TPSA) is 94.2 Å². The lowest BCUT2D eigenvalue weighted by Gasteiger charge is -2.27. The summed E-state index contributed by atoms with van der Waals surface area (Å²) in [6.45, 7) is 2.92. The predicted molar refractivity (Wildman–Crippen MR) is 125 cm³/mol. The number of rotatable bonds is 3. The van der Waals surface area contributed by atoms with Crippen LogP contribution in [0.15, 0.2) is 70.7 Å². The van der Waals surface area contributed by atoms with Crippen LogP contribution in [0, 0.1) is 0 Å². The number of para-hydroxylation sites is 2. The molecule has 0 fully saturated rings. The summed E-state index contributed by atoms with van der Waals surface area (Å²) < 4.78 is 11.2. The van der Waals surface area contributed by atoms with Crippen LogP contribution in [0.2, 0.25) is 0 Å². The highest BCUT2D eigenvalue weighted by atomic mass is 16.5. The van der Waals surface area contributed by atoms with E-state index in [2.05, 4.69) is 4.99 Å². The van der Waals surface area contributed by atoms with E-state index in [0.717, 1.165) is 28.1 Å². The first-order valence-corrected chi connectivity index (χ1v) is 10.5. The van der Waals surface area contributed by atoms with E-state index in [9.17, 15) is 9.59 Å². The number of nitrogens with two attached hydrogens (primary N) is 1. The lowest BCUT2D eigenvalue weighted by Crippen LogP contribution is -2.29. The highest BCUT2D eigenvalue weighted by molar-refractivity contribution is 6.45. The maximum Gasteiger partial charge on any atom is 0.267 e. The summed E-state index contributed by atoms with van der Waals surface area (Å²) >= 11 is 0. The number of carbonyl (C=O) groups excluding carboxylic acids is 2. The van der Waals surface area contributed by atoms with Crippen LogP contribution in [0.3, 0.4) is 0 Å². The predicted octanol–water partition coefficient (Wildman–Crippen LogP) is 3.45. The molecular weight excluding hydrogens is 406 g/mol. The number of carbonyl (C=O) groups is 2. The minimum Gasteiger partial charge on any atom is -0.491 e. The third-order valence-corrected chi connectivity index (χ3v) is 5.49. The first-order valence-electron chi connectivity index (χ1n) is 10.5. The van der Waals surface area contributed by atoms with E-state index < -0.39 is 5.91 Å². The van der Waals surface area contributed by atoms with Crippen molar-refractivity contribution in [3.05, 3.63) is 71.3 Å². The summed E-state index contributed by atoms with van der Waals surface area (Å²) in [6, 6.07) is 17.5. The van der Waals surface area contributed by atoms with Crippen molar-refractivity contribution in [3.8, 4) is 5.75 Å². The number of aliphatic imine (C=N–C) groups is 1. The Hall–Kier alpha value is -3.45. The summed E-state index contributed by atoms with van der Waals surface area (Å²) in [7, 11) is 3.36. The fourth-order valence-electron chi connectivity index (χ4n) is 3.71. The molecule has 32 heavy (non-hydrogen) atoms. The molecule has 0 bridgehead atoms. The van der Waals surface area contributed by atoms with Crippen LogP contribution in [0.4, 0.5) is 5.69 Å². The van der Waals surface area contributed by atoms with Crippen LogP contribution in [-0.2, 0) is 14.3 Å². The summed E-state index contributed by atoms with van der Waals surface area (Å²) in [5.74, 6) is 0.409. The maximum atomic E-state index is 11.4. The van der Waals surface area contributed by atoms with Crippen molar-refractivity contribution in [1.82, 2.24) is 0 Å². The first-order chi connectivity index (χ1) is 15.4. The molecule has 7 heteroatoms. The molecule has 7 nitrogen and oxygen atoms in total. The van der Waals surface area contributed by atoms with Crippen molar-refractivity contribution in [2.24, 2.45) is 10.7 Å². The molecule has 2 amide bonds. The van der Waals surface area contributed by atoms with Crippen molar-refractivity contribution < 1.29 is 19.1 Å². The van der Waals surface area contributed by atoms with E-state index in [4.69, 9.17) is 15.2 Å². The van der Waals surface area contributed by atoms with Gasteiger partial charge in [0.2, 0.25) is 5.91 Å². The molecule has 2 aromatic rings. The quantitative estimate of drug-likeness (QED) is 0.747. The van der Waals surface area contributed by atoms with Gasteiger partial charge in [-0.15, -0.1) is 0 Å². The molecule has 1 unspecified atom stereocenters. The Bertz CT molecular complexity index is 1030. The van der Waals surface area contributed by atoms with Gasteiger partial charge in [-0.25, -0.2) is 0 Å². The maximum absolute atomic E-state index is 11.4. The van der Waals surface area contributed by atoms with Crippen molar-refractivity contribution in [2.75, 3.05) is 32.2 Å². The Labute approximate surface area is 188 Å². The second kappa shape index (κ2) is 10.7. The fraction of sp³-hybridized carbons (Fsp3) is 0.320. The molecule has 1 atom stereocenters. The molecule has 0 aliphatic carbocycles. The molecule has 0 radical (unpaired) electrons. The Kier molecular flexibility index (Phi) is 7.78. The molecule has 0 aromatic heterocycles. The monoisotopic (exact) mass is 435 g/mol. The van der Waals surface area contributed by atoms with Gasteiger partial charge in [0.05, 0.1) is 31.4 Å². The summed E-state index contributed by atoms with van der Waals surface area (Å²) in [5.41, 5.74) is 9.63. The van der Waals surface area contributed by atoms with Crippen LogP contribution in [0.5, 0.6) is 5.75 Å². The highest BCUT2D eigenvalue weighted by Gasteiger charge is 2.25. The summed E-state index contributed by atoms with van der Waals surface area (Å²) in [4.78, 5) is 28.5. The van der Waals surface area contributed by atoms with Gasteiger partial charge in [0, 0.05) is 20.5 Å². The summed E-state index contributed by atoms with van der Waals surface area (Å²) in [6.07, 6.45) is 1.03. The van der Waals surface area contributed by atoms with Gasteiger partial charge in [0.15, 0.2) is 0 Å². The zero-order valence-corrected chi connectivity index (χ0v) is 18.7. The Morgan fingerprint density at radius 2 is 1.81 bits per heavy atom. The first kappa shape index (κ1) is 23.2. The number of ether oxygens (including phenoxy) is 2. The molecule has 0 spiro atoms. The van der Waals surface area contributed by atoms with Gasteiger partial charge in [-0.3, -0.25) is 14.6 Å². The zero-order valence-electron chi connectivity index (χ0n) is 18.7. The fourth-order valence-corrected chi connectivity index (χ4v) is 3.71. The molecule has 2 heterocycles. The standard InChI is InChI=1S/C15H18N2O2.C10H11NO2/c1-10-9-19-13(11-6-4-3-5-7-11)8-12(10)14(17-2)15(16)18;1-11-8-4-2-3-5-9(8)13-7-6-10(11)12/h3-7,13H,8-9H2,1-2H3,(H2,16,18);2-5H,6-7H2,1H3. The van der Waals surface area contributed by atoms with E-state index in [0.29, 0.717) is 31.8 Å². The molecule has 2 aliphatic heterocycles. The van der Waals surface area contributed by atoms with Gasteiger partial charge in [-0.2, -0.15) is 0 Å². The number of hydrogen-bond donors (Lipinski definition) is 1. The van der Waals surface area contributed by atoms with Crippen LogP contribution >= 0.6 is 0 Å². The van der Waals surface area contributed by atoms with E-state index in [-0.39, 0.29) is 12.0 Å². The minimum atomic E-state index is -0.481. The Balaban J connectivity index is 0.000000193. The third-order valence-electron chi connectivity index (χ3n) is 5.49. The average molecular weight is 436 g/mol. The number of benzene rings is 2. The van der Waals surface area contributed by atoms with E-state index >= 15 is 0 Å². The van der Waals surface area contributed by atoms with E-state index in [1.807, 2.05) is 61.5 Å². The molecule has 2 aliphatic rings. The van der Waals surface area contributed by atoms with Crippen LogP contribution in [-0.4, -0.2) is 44.8 Å². The van der Waals surface area contributed by atoms with Crippen LogP contribution < -0.4 is 15.4 Å². The Morgan fingerprint density at radius 1 is 1.12 bits per heavy atom. The van der Waals surface area contributed by atoms with Crippen molar-refractivity contribution in [1.29, 1.82) is 0 Å². The largest absolute Gasteiger partial charge is 0.491 e. The second-order valence-electron chi connectivity index (χ2n) is 7.63. The van der Waals surface area contributed by atoms with Crippen LogP contribution in [0.25, 0.3) is 0 Å². The van der Waals surface area contributed by atoms with Gasteiger partial charge in [0.1, 0.15) is 11.5 Å². The smallest absolute Gasteiger partial charge is 0.267 e. The zero-order chi connectivity index (χ0) is 23.1. The number of nitrogens with zero attached hydrogens (tertiary/aromatic N) is 2. The molecule has 4 rings (SSSR count). The van der Waals surface area contributed by atoms with Gasteiger partial charge in [-0.1, -0.05) is 42.5 Å². The van der Waals surface area contributed by atoms with Gasteiger partial charge >= 0.3 is 0 Å². The minimum absolute atomic E-state index is 0.0454. The number of hydrogen-bond acceptors (Lipinski definition) is 5. The SMILES string of the molecule is CN1C(=O)CCOc2ccccc21.CN=C(C(N)=O)C1=C(C)COC(c2ccccc2)C1. The van der Waals surface area contributed by atoms with Crippen molar-refractivity contribution >= 4 is 23.2 Å². The van der Waals surface area contributed by atoms with Gasteiger partial charge in [0.25, 0.3) is 5.91 Å². The molecule has 2 N–H and O–H groups in total. The molecule has 2 aromatic carbocycles. The van der Waals surface area contributed by atoms with E-state index in [1.165, 1.54) is 0 Å². The second-order valence-corrected chi connectivity index (χ2v) is 7.63. The van der Waals surface area contributed by atoms with Gasteiger partial charge < -0.3 is 20.1 Å². The number of amides is 2. The molecule has 0 saturated heterocycles. The van der Waals surface area contributed by atoms with Crippen molar-refractivity contribution in [2.45, 2.75) is 25.9 Å². The van der Waals surface area contributed by atoms with E-state index in [1.54, 1.807) is 19.0 Å².